The highest BCUT2D eigenvalue weighted by atomic mass is 19.1. The number of halogens is 2. The van der Waals surface area contributed by atoms with Crippen molar-refractivity contribution in [3.63, 3.8) is 0 Å². The number of hydrogen-bond acceptors (Lipinski definition) is 3. The van der Waals surface area contributed by atoms with Crippen LogP contribution in [-0.2, 0) is 0 Å². The Labute approximate surface area is 90.4 Å². The van der Waals surface area contributed by atoms with Gasteiger partial charge >= 0.3 is 0 Å². The van der Waals surface area contributed by atoms with Crippen molar-refractivity contribution >= 4 is 0 Å². The minimum Gasteiger partial charge on any atom is -0.380 e. The maximum atomic E-state index is 12.9. The molecule has 2 rings (SSSR count). The quantitative estimate of drug-likeness (QED) is 0.843. The van der Waals surface area contributed by atoms with E-state index in [2.05, 4.69) is 9.97 Å². The molecule has 1 N–H and O–H groups in total. The Morgan fingerprint density at radius 3 is 2.12 bits per heavy atom. The zero-order valence-corrected chi connectivity index (χ0v) is 8.14. The van der Waals surface area contributed by atoms with Crippen LogP contribution in [0.5, 0.6) is 0 Å². The van der Waals surface area contributed by atoms with Gasteiger partial charge in [-0.25, -0.2) is 18.7 Å². The molecule has 0 fully saturated rings. The van der Waals surface area contributed by atoms with E-state index in [4.69, 9.17) is 0 Å². The molecular formula is C11H8F2N2O. The first-order valence-electron chi connectivity index (χ1n) is 4.58. The molecule has 0 radical (unpaired) electrons. The number of nitrogens with zero attached hydrogens (tertiary/aromatic N) is 2. The maximum Gasteiger partial charge on any atom is 0.161 e. The summed E-state index contributed by atoms with van der Waals surface area (Å²) in [6, 6.07) is 4.42. The van der Waals surface area contributed by atoms with Crippen LogP contribution in [0.1, 0.15) is 17.5 Å². The summed E-state index contributed by atoms with van der Waals surface area (Å²) in [5.74, 6) is -1.39. The summed E-state index contributed by atoms with van der Waals surface area (Å²) in [6.45, 7) is 0. The lowest BCUT2D eigenvalue weighted by Gasteiger charge is -2.09. The van der Waals surface area contributed by atoms with E-state index in [1.807, 2.05) is 0 Å². The van der Waals surface area contributed by atoms with E-state index in [1.54, 1.807) is 6.07 Å². The van der Waals surface area contributed by atoms with Gasteiger partial charge in [-0.2, -0.15) is 0 Å². The summed E-state index contributed by atoms with van der Waals surface area (Å²) in [5.41, 5.74) is 0.0868. The highest BCUT2D eigenvalue weighted by molar-refractivity contribution is 5.24. The van der Waals surface area contributed by atoms with Crippen LogP contribution >= 0.6 is 0 Å². The fourth-order valence-corrected chi connectivity index (χ4v) is 1.33. The van der Waals surface area contributed by atoms with Gasteiger partial charge in [-0.1, -0.05) is 0 Å². The Bertz CT molecular complexity index is 470. The standard InChI is InChI=1S/C11H8F2N2O/c12-8-4-7(5-9(13)6-8)10(16)11-14-2-1-3-15-11/h1-6,10,16H. The fraction of sp³-hybridized carbons (Fsp3) is 0.0909. The molecule has 1 aromatic carbocycles. The summed E-state index contributed by atoms with van der Waals surface area (Å²) in [4.78, 5) is 7.62. The first-order valence-corrected chi connectivity index (χ1v) is 4.58. The summed E-state index contributed by atoms with van der Waals surface area (Å²) >= 11 is 0. The third-order valence-electron chi connectivity index (χ3n) is 2.03. The molecule has 1 atom stereocenters. The van der Waals surface area contributed by atoms with Crippen molar-refractivity contribution in [1.29, 1.82) is 0 Å². The largest absolute Gasteiger partial charge is 0.380 e. The van der Waals surface area contributed by atoms with Crippen molar-refractivity contribution in [2.75, 3.05) is 0 Å². The van der Waals surface area contributed by atoms with Crippen molar-refractivity contribution in [3.05, 3.63) is 59.7 Å². The highest BCUT2D eigenvalue weighted by Gasteiger charge is 2.14. The Morgan fingerprint density at radius 1 is 1.00 bits per heavy atom. The zero-order valence-electron chi connectivity index (χ0n) is 8.14. The molecule has 1 heterocycles. The molecule has 0 aliphatic rings. The van der Waals surface area contributed by atoms with Gasteiger partial charge in [0.05, 0.1) is 0 Å². The van der Waals surface area contributed by atoms with Gasteiger partial charge in [-0.05, 0) is 23.8 Å². The molecule has 1 aromatic heterocycles. The molecule has 2 aromatic rings. The summed E-state index contributed by atoms with van der Waals surface area (Å²) in [5, 5.41) is 9.78. The van der Waals surface area contributed by atoms with Gasteiger partial charge in [0.15, 0.2) is 5.82 Å². The minimum atomic E-state index is -1.23. The van der Waals surface area contributed by atoms with E-state index in [-0.39, 0.29) is 11.4 Å². The third kappa shape index (κ3) is 2.20. The van der Waals surface area contributed by atoms with Crippen LogP contribution in [0, 0.1) is 11.6 Å². The number of aliphatic hydroxyl groups is 1. The second kappa shape index (κ2) is 4.32. The summed E-state index contributed by atoms with van der Waals surface area (Å²) < 4.78 is 25.8. The first kappa shape index (κ1) is 10.6. The molecule has 0 aliphatic carbocycles. The Kier molecular flexibility index (Phi) is 2.87. The number of benzene rings is 1. The van der Waals surface area contributed by atoms with Crippen LogP contribution < -0.4 is 0 Å². The number of aromatic nitrogens is 2. The van der Waals surface area contributed by atoms with E-state index in [9.17, 15) is 13.9 Å². The molecule has 82 valence electrons. The van der Waals surface area contributed by atoms with Crippen molar-refractivity contribution in [3.8, 4) is 0 Å². The summed E-state index contributed by atoms with van der Waals surface area (Å²) in [6.07, 6.45) is 1.66. The monoisotopic (exact) mass is 222 g/mol. The van der Waals surface area contributed by atoms with Gasteiger partial charge in [0.25, 0.3) is 0 Å². The maximum absolute atomic E-state index is 12.9. The van der Waals surface area contributed by atoms with Crippen LogP contribution in [0.4, 0.5) is 8.78 Å². The van der Waals surface area contributed by atoms with Crippen LogP contribution in [0.3, 0.4) is 0 Å². The van der Waals surface area contributed by atoms with Crippen molar-refractivity contribution < 1.29 is 13.9 Å². The number of rotatable bonds is 2. The van der Waals surface area contributed by atoms with Gasteiger partial charge in [0, 0.05) is 18.5 Å². The van der Waals surface area contributed by atoms with Gasteiger partial charge in [0.1, 0.15) is 17.7 Å². The smallest absolute Gasteiger partial charge is 0.161 e. The third-order valence-corrected chi connectivity index (χ3v) is 2.03. The molecule has 0 saturated heterocycles. The average molecular weight is 222 g/mol. The molecule has 16 heavy (non-hydrogen) atoms. The van der Waals surface area contributed by atoms with Crippen LogP contribution in [0.25, 0.3) is 0 Å². The lowest BCUT2D eigenvalue weighted by atomic mass is 10.1. The Balaban J connectivity index is 2.37. The van der Waals surface area contributed by atoms with E-state index >= 15 is 0 Å². The Morgan fingerprint density at radius 2 is 1.56 bits per heavy atom. The van der Waals surface area contributed by atoms with Crippen molar-refractivity contribution in [2.24, 2.45) is 0 Å². The molecule has 0 amide bonds. The first-order chi connectivity index (χ1) is 7.66. The topological polar surface area (TPSA) is 46.0 Å². The predicted octanol–water partition coefficient (Wildman–Crippen LogP) is 1.84. The molecular weight excluding hydrogens is 214 g/mol. The normalized spacial score (nSPS) is 12.4. The molecule has 3 nitrogen and oxygen atoms in total. The van der Waals surface area contributed by atoms with E-state index in [1.165, 1.54) is 12.4 Å². The molecule has 0 saturated carbocycles. The Hall–Kier alpha value is -1.88. The molecule has 0 aliphatic heterocycles. The zero-order chi connectivity index (χ0) is 11.5. The van der Waals surface area contributed by atoms with Gasteiger partial charge in [0.2, 0.25) is 0 Å². The molecule has 0 bridgehead atoms. The van der Waals surface area contributed by atoms with Crippen LogP contribution in [-0.4, -0.2) is 15.1 Å². The van der Waals surface area contributed by atoms with Gasteiger partial charge < -0.3 is 5.11 Å². The van der Waals surface area contributed by atoms with Gasteiger partial charge in [-0.15, -0.1) is 0 Å². The summed E-state index contributed by atoms with van der Waals surface area (Å²) in [7, 11) is 0. The highest BCUT2D eigenvalue weighted by Crippen LogP contribution is 2.20. The predicted molar refractivity (Wildman–Crippen MR) is 52.5 cm³/mol. The SMILES string of the molecule is OC(c1cc(F)cc(F)c1)c1ncccn1. The molecule has 5 heteroatoms. The van der Waals surface area contributed by atoms with E-state index in [0.29, 0.717) is 0 Å². The minimum absolute atomic E-state index is 0.0868. The molecule has 0 spiro atoms. The lowest BCUT2D eigenvalue weighted by molar-refractivity contribution is 0.208. The number of hydrogen-bond donors (Lipinski definition) is 1. The van der Waals surface area contributed by atoms with E-state index < -0.39 is 17.7 Å². The van der Waals surface area contributed by atoms with E-state index in [0.717, 1.165) is 18.2 Å². The van der Waals surface area contributed by atoms with Crippen molar-refractivity contribution in [2.45, 2.75) is 6.10 Å². The molecule has 1 unspecified atom stereocenters. The van der Waals surface area contributed by atoms with Crippen LogP contribution in [0.15, 0.2) is 36.7 Å². The second-order valence-corrected chi connectivity index (χ2v) is 3.21. The lowest BCUT2D eigenvalue weighted by Crippen LogP contribution is -2.05. The second-order valence-electron chi connectivity index (χ2n) is 3.21. The fourth-order valence-electron chi connectivity index (χ4n) is 1.33. The number of aliphatic hydroxyl groups excluding tert-OH is 1. The van der Waals surface area contributed by atoms with Gasteiger partial charge in [-0.3, -0.25) is 0 Å². The van der Waals surface area contributed by atoms with Crippen LogP contribution in [0.2, 0.25) is 0 Å². The average Bonchev–Trinajstić information content (AvgIpc) is 2.28. The van der Waals surface area contributed by atoms with Crippen molar-refractivity contribution in [1.82, 2.24) is 9.97 Å².